The standard InChI is InChI=1S/C34H45N5O6/c1-36-23-25(22-35)32-24-37-30-11-10-26(20-31(30)38-32)39(12-7-15-44-33-8-3-5-13-42-33)27-18-28(40-2)21-29(19-27)41-16-17-45-34-9-4-6-14-43-34/h10-11,18-24,33-36H,3-9,12-17H2,1-2H3/b25-23+,35-22?. The summed E-state index contributed by atoms with van der Waals surface area (Å²) >= 11 is 0. The van der Waals surface area contributed by atoms with Gasteiger partial charge in [-0.15, -0.1) is 0 Å². The number of methoxy groups -OCH3 is 1. The Morgan fingerprint density at radius 1 is 0.933 bits per heavy atom. The zero-order valence-corrected chi connectivity index (χ0v) is 26.3. The molecule has 2 aromatic carbocycles. The summed E-state index contributed by atoms with van der Waals surface area (Å²) < 4.78 is 35.2. The Balaban J connectivity index is 1.37. The molecule has 11 nitrogen and oxygen atoms in total. The minimum absolute atomic E-state index is 0.131. The maximum Gasteiger partial charge on any atom is 0.157 e. The van der Waals surface area contributed by atoms with Crippen molar-refractivity contribution >= 4 is 34.2 Å². The third-order valence-corrected chi connectivity index (χ3v) is 7.76. The van der Waals surface area contributed by atoms with Gasteiger partial charge in [0.1, 0.15) is 18.1 Å². The van der Waals surface area contributed by atoms with Gasteiger partial charge >= 0.3 is 0 Å². The molecule has 45 heavy (non-hydrogen) atoms. The van der Waals surface area contributed by atoms with Crippen molar-refractivity contribution in [2.24, 2.45) is 0 Å². The van der Waals surface area contributed by atoms with Crippen LogP contribution in [0.25, 0.3) is 16.6 Å². The smallest absolute Gasteiger partial charge is 0.157 e. The third kappa shape index (κ3) is 9.37. The van der Waals surface area contributed by atoms with E-state index in [2.05, 4.69) is 15.2 Å². The van der Waals surface area contributed by atoms with Crippen LogP contribution in [0.1, 0.15) is 50.6 Å². The number of anilines is 2. The molecule has 2 aliphatic heterocycles. The molecule has 0 amide bonds. The van der Waals surface area contributed by atoms with E-state index >= 15 is 0 Å². The molecule has 0 spiro atoms. The Kier molecular flexibility index (Phi) is 12.4. The van der Waals surface area contributed by atoms with Gasteiger partial charge in [-0.3, -0.25) is 4.98 Å². The van der Waals surface area contributed by atoms with E-state index in [0.29, 0.717) is 49.1 Å². The lowest BCUT2D eigenvalue weighted by atomic mass is 10.1. The number of fused-ring (bicyclic) bond motifs is 1. The van der Waals surface area contributed by atoms with Crippen molar-refractivity contribution in [1.82, 2.24) is 15.3 Å². The molecule has 5 rings (SSSR count). The molecule has 3 aromatic rings. The van der Waals surface area contributed by atoms with Gasteiger partial charge in [0.05, 0.1) is 43.2 Å². The zero-order chi connectivity index (χ0) is 31.3. The molecule has 3 heterocycles. The number of benzene rings is 2. The zero-order valence-electron chi connectivity index (χ0n) is 26.3. The fourth-order valence-corrected chi connectivity index (χ4v) is 5.43. The predicted octanol–water partition coefficient (Wildman–Crippen LogP) is 5.84. The second kappa shape index (κ2) is 17.1. The van der Waals surface area contributed by atoms with Crippen LogP contribution in [0.4, 0.5) is 11.4 Å². The number of hydrogen-bond acceptors (Lipinski definition) is 11. The Labute approximate surface area is 265 Å². The van der Waals surface area contributed by atoms with E-state index in [1.807, 2.05) is 36.4 Å². The second-order valence-electron chi connectivity index (χ2n) is 11.0. The molecule has 0 saturated carbocycles. The molecule has 0 aliphatic carbocycles. The first-order chi connectivity index (χ1) is 22.2. The Bertz CT molecular complexity index is 1410. The van der Waals surface area contributed by atoms with Crippen LogP contribution in [0.5, 0.6) is 11.5 Å². The summed E-state index contributed by atoms with van der Waals surface area (Å²) in [6.07, 6.45) is 11.5. The summed E-state index contributed by atoms with van der Waals surface area (Å²) in [5, 5.41) is 10.8. The number of ether oxygens (including phenoxy) is 6. The molecule has 0 radical (unpaired) electrons. The molecule has 2 atom stereocenters. The highest BCUT2D eigenvalue weighted by Gasteiger charge is 2.18. The topological polar surface area (TPSA) is 120 Å². The molecule has 2 fully saturated rings. The first-order valence-corrected chi connectivity index (χ1v) is 15.9. The first-order valence-electron chi connectivity index (χ1n) is 15.9. The number of allylic oxidation sites excluding steroid dienone is 1. The van der Waals surface area contributed by atoms with Crippen LogP contribution in [-0.2, 0) is 18.9 Å². The van der Waals surface area contributed by atoms with Gasteiger partial charge in [0.25, 0.3) is 0 Å². The molecule has 11 heteroatoms. The van der Waals surface area contributed by atoms with Gasteiger partial charge in [-0.05, 0) is 63.1 Å². The summed E-state index contributed by atoms with van der Waals surface area (Å²) in [4.78, 5) is 11.6. The molecule has 2 N–H and O–H groups in total. The first kappa shape index (κ1) is 32.6. The average molecular weight is 620 g/mol. The summed E-state index contributed by atoms with van der Waals surface area (Å²) in [6.45, 7) is 3.58. The fourth-order valence-electron chi connectivity index (χ4n) is 5.43. The van der Waals surface area contributed by atoms with E-state index < -0.39 is 0 Å². The van der Waals surface area contributed by atoms with Gasteiger partial charge in [-0.1, -0.05) is 0 Å². The minimum atomic E-state index is -0.153. The molecule has 2 saturated heterocycles. The highest BCUT2D eigenvalue weighted by molar-refractivity contribution is 6.07. The Morgan fingerprint density at radius 2 is 1.69 bits per heavy atom. The number of nitrogens with zero attached hydrogens (tertiary/aromatic N) is 3. The van der Waals surface area contributed by atoms with Crippen molar-refractivity contribution in [3.05, 3.63) is 54.5 Å². The van der Waals surface area contributed by atoms with Crippen LogP contribution in [0, 0.1) is 5.41 Å². The van der Waals surface area contributed by atoms with Gasteiger partial charge in [-0.2, -0.15) is 0 Å². The van der Waals surface area contributed by atoms with Crippen LogP contribution in [-0.4, -0.2) is 82.5 Å². The summed E-state index contributed by atoms with van der Waals surface area (Å²) in [7, 11) is 3.45. The largest absolute Gasteiger partial charge is 0.497 e. The van der Waals surface area contributed by atoms with Gasteiger partial charge in [-0.25, -0.2) is 4.98 Å². The fraction of sp³-hybridized carbons (Fsp3) is 0.500. The quantitative estimate of drug-likeness (QED) is 0.149. The Hall–Kier alpha value is -3.77. The average Bonchev–Trinajstić information content (AvgIpc) is 3.09. The number of rotatable bonds is 16. The van der Waals surface area contributed by atoms with Crippen LogP contribution >= 0.6 is 0 Å². The SMILES string of the molecule is CN/C=C(\C=N)c1cnc2ccc(N(CCCOC3CCCCO3)c3cc(OC)cc(OCCOC4CCCCO4)c3)cc2n1. The van der Waals surface area contributed by atoms with Crippen molar-refractivity contribution in [1.29, 1.82) is 5.41 Å². The van der Waals surface area contributed by atoms with Crippen molar-refractivity contribution < 1.29 is 28.4 Å². The van der Waals surface area contributed by atoms with Crippen molar-refractivity contribution in [3.63, 3.8) is 0 Å². The van der Waals surface area contributed by atoms with E-state index in [0.717, 1.165) is 80.6 Å². The predicted molar refractivity (Wildman–Crippen MR) is 175 cm³/mol. The van der Waals surface area contributed by atoms with Crippen molar-refractivity contribution in [2.75, 3.05) is 58.6 Å². The lowest BCUT2D eigenvalue weighted by molar-refractivity contribution is -0.165. The molecule has 1 aromatic heterocycles. The lowest BCUT2D eigenvalue weighted by Gasteiger charge is -2.27. The van der Waals surface area contributed by atoms with Crippen LogP contribution in [0.15, 0.2) is 48.8 Å². The van der Waals surface area contributed by atoms with E-state index in [9.17, 15) is 0 Å². The number of nitrogens with one attached hydrogen (secondary N) is 2. The van der Waals surface area contributed by atoms with E-state index in [1.165, 1.54) is 6.21 Å². The Morgan fingerprint density at radius 3 is 2.38 bits per heavy atom. The molecule has 2 unspecified atom stereocenters. The highest BCUT2D eigenvalue weighted by Crippen LogP contribution is 2.34. The molecule has 2 aliphatic rings. The third-order valence-electron chi connectivity index (χ3n) is 7.76. The molecular formula is C34H45N5O6. The summed E-state index contributed by atoms with van der Waals surface area (Å²) in [5.41, 5.74) is 4.61. The highest BCUT2D eigenvalue weighted by atomic mass is 16.7. The van der Waals surface area contributed by atoms with E-state index in [1.54, 1.807) is 26.6 Å². The van der Waals surface area contributed by atoms with Gasteiger partial charge in [0.2, 0.25) is 0 Å². The van der Waals surface area contributed by atoms with E-state index in [-0.39, 0.29) is 12.6 Å². The van der Waals surface area contributed by atoms with Gasteiger partial charge in [0.15, 0.2) is 12.6 Å². The van der Waals surface area contributed by atoms with E-state index in [4.69, 9.17) is 38.8 Å². The molecule has 242 valence electrons. The number of aromatic nitrogens is 2. The molecular weight excluding hydrogens is 574 g/mol. The summed E-state index contributed by atoms with van der Waals surface area (Å²) in [6, 6.07) is 11.9. The second-order valence-corrected chi connectivity index (χ2v) is 11.0. The lowest BCUT2D eigenvalue weighted by Crippen LogP contribution is -2.25. The molecule has 0 bridgehead atoms. The maximum atomic E-state index is 7.80. The van der Waals surface area contributed by atoms with Crippen LogP contribution < -0.4 is 19.7 Å². The summed E-state index contributed by atoms with van der Waals surface area (Å²) in [5.74, 6) is 1.37. The van der Waals surface area contributed by atoms with Crippen LogP contribution in [0.2, 0.25) is 0 Å². The minimum Gasteiger partial charge on any atom is -0.497 e. The van der Waals surface area contributed by atoms with Crippen molar-refractivity contribution in [3.8, 4) is 11.5 Å². The van der Waals surface area contributed by atoms with Crippen molar-refractivity contribution in [2.45, 2.75) is 57.5 Å². The van der Waals surface area contributed by atoms with Gasteiger partial charge < -0.3 is 44.0 Å². The van der Waals surface area contributed by atoms with Crippen LogP contribution in [0.3, 0.4) is 0 Å². The number of hydrogen-bond donors (Lipinski definition) is 2. The normalized spacial score (nSPS) is 18.8. The van der Waals surface area contributed by atoms with Gasteiger partial charge in [0, 0.05) is 74.4 Å². The maximum absolute atomic E-state index is 7.80. The monoisotopic (exact) mass is 619 g/mol.